The molecule has 0 unspecified atom stereocenters. The van der Waals surface area contributed by atoms with Crippen LogP contribution in [0, 0.1) is 0 Å². The van der Waals surface area contributed by atoms with E-state index in [1.54, 1.807) is 0 Å². The lowest BCUT2D eigenvalue weighted by molar-refractivity contribution is -0.161. The highest BCUT2D eigenvalue weighted by atomic mass is 31.2. The Morgan fingerprint density at radius 1 is 0.568 bits per heavy atom. The number of rotatable bonds is 32. The summed E-state index contributed by atoms with van der Waals surface area (Å²) < 4.78 is 26.2. The standard InChI is InChI=1S/C35H65O8P/c1-3-5-7-9-11-13-15-16-17-18-20-22-24-26-28-30-35(37)43-33(32-42-44(38,39)40)31-41-34(36)29-27-25-23-21-19-14-12-10-8-6-4-2/h10,12,16-17,33H,3-9,11,13-15,18-32H2,1-2H3,(H2,38,39,40)/b12-10+,17-16+/t33-/m1/s1. The van der Waals surface area contributed by atoms with Crippen LogP contribution in [-0.2, 0) is 28.2 Å². The zero-order chi connectivity index (χ0) is 32.6. The maximum Gasteiger partial charge on any atom is 0.469 e. The minimum atomic E-state index is -4.75. The summed E-state index contributed by atoms with van der Waals surface area (Å²) in [7, 11) is -4.75. The van der Waals surface area contributed by atoms with Crippen LogP contribution in [0.1, 0.15) is 168 Å². The van der Waals surface area contributed by atoms with Crippen LogP contribution >= 0.6 is 7.82 Å². The Kier molecular flexibility index (Phi) is 30.5. The first-order chi connectivity index (χ1) is 21.3. The summed E-state index contributed by atoms with van der Waals surface area (Å²) in [5.74, 6) is -0.906. The smallest absolute Gasteiger partial charge is 0.462 e. The Labute approximate surface area is 269 Å². The number of hydrogen-bond donors (Lipinski definition) is 2. The van der Waals surface area contributed by atoms with Crippen molar-refractivity contribution in [3.05, 3.63) is 24.3 Å². The first-order valence-corrected chi connectivity index (χ1v) is 19.2. The third kappa shape index (κ3) is 33.4. The number of esters is 2. The first kappa shape index (κ1) is 42.5. The molecule has 8 nitrogen and oxygen atoms in total. The molecule has 0 aromatic carbocycles. The van der Waals surface area contributed by atoms with Crippen molar-refractivity contribution in [3.8, 4) is 0 Å². The molecule has 2 N–H and O–H groups in total. The summed E-state index contributed by atoms with van der Waals surface area (Å²) in [6, 6.07) is 0. The lowest BCUT2D eigenvalue weighted by Crippen LogP contribution is -2.29. The number of phosphoric ester groups is 1. The summed E-state index contributed by atoms with van der Waals surface area (Å²) in [5, 5.41) is 0. The van der Waals surface area contributed by atoms with Gasteiger partial charge in [0.15, 0.2) is 6.10 Å². The zero-order valence-electron chi connectivity index (χ0n) is 28.1. The molecular weight excluding hydrogens is 579 g/mol. The van der Waals surface area contributed by atoms with Gasteiger partial charge in [0.25, 0.3) is 0 Å². The van der Waals surface area contributed by atoms with Gasteiger partial charge in [-0.2, -0.15) is 0 Å². The van der Waals surface area contributed by atoms with Crippen LogP contribution in [0.5, 0.6) is 0 Å². The highest BCUT2D eigenvalue weighted by Gasteiger charge is 2.22. The van der Waals surface area contributed by atoms with E-state index in [1.807, 2.05) is 0 Å². The van der Waals surface area contributed by atoms with Crippen molar-refractivity contribution in [1.82, 2.24) is 0 Å². The third-order valence-corrected chi connectivity index (χ3v) is 7.93. The van der Waals surface area contributed by atoms with Gasteiger partial charge < -0.3 is 19.3 Å². The monoisotopic (exact) mass is 644 g/mol. The van der Waals surface area contributed by atoms with Gasteiger partial charge in [0.1, 0.15) is 6.61 Å². The predicted molar refractivity (Wildman–Crippen MR) is 179 cm³/mol. The number of phosphoric acid groups is 1. The third-order valence-electron chi connectivity index (χ3n) is 7.44. The molecule has 0 bridgehead atoms. The van der Waals surface area contributed by atoms with Crippen molar-refractivity contribution in [2.24, 2.45) is 0 Å². The molecule has 0 aromatic heterocycles. The van der Waals surface area contributed by atoms with Crippen LogP contribution in [-0.4, -0.2) is 41.0 Å². The van der Waals surface area contributed by atoms with E-state index in [9.17, 15) is 14.2 Å². The van der Waals surface area contributed by atoms with E-state index in [0.717, 1.165) is 70.6 Å². The number of carbonyl (C=O) groups is 2. The van der Waals surface area contributed by atoms with Crippen molar-refractivity contribution >= 4 is 19.8 Å². The van der Waals surface area contributed by atoms with Gasteiger partial charge in [-0.05, 0) is 57.8 Å². The van der Waals surface area contributed by atoms with E-state index in [-0.39, 0.29) is 19.4 Å². The van der Waals surface area contributed by atoms with Gasteiger partial charge in [0.2, 0.25) is 0 Å². The molecule has 1 atom stereocenters. The number of hydrogen-bond acceptors (Lipinski definition) is 6. The van der Waals surface area contributed by atoms with Crippen molar-refractivity contribution in [2.75, 3.05) is 13.2 Å². The minimum absolute atomic E-state index is 0.201. The van der Waals surface area contributed by atoms with E-state index < -0.39 is 32.5 Å². The molecule has 0 spiro atoms. The fourth-order valence-electron chi connectivity index (χ4n) is 4.76. The maximum absolute atomic E-state index is 12.3. The van der Waals surface area contributed by atoms with Crippen LogP contribution < -0.4 is 0 Å². The van der Waals surface area contributed by atoms with E-state index in [2.05, 4.69) is 42.7 Å². The Morgan fingerprint density at radius 3 is 1.45 bits per heavy atom. The average Bonchev–Trinajstić information content (AvgIpc) is 2.98. The summed E-state index contributed by atoms with van der Waals surface area (Å²) in [6.07, 6.45) is 33.3. The van der Waals surface area contributed by atoms with E-state index in [1.165, 1.54) is 57.8 Å². The molecule has 0 aliphatic carbocycles. The van der Waals surface area contributed by atoms with Gasteiger partial charge in [-0.3, -0.25) is 14.1 Å². The van der Waals surface area contributed by atoms with Crippen LogP contribution in [0.2, 0.25) is 0 Å². The number of ether oxygens (including phenoxy) is 2. The molecule has 0 aliphatic rings. The second-order valence-electron chi connectivity index (χ2n) is 11.8. The number of carbonyl (C=O) groups excluding carboxylic acids is 2. The second kappa shape index (κ2) is 31.5. The van der Waals surface area contributed by atoms with Crippen molar-refractivity contribution in [1.29, 1.82) is 0 Å². The number of unbranched alkanes of at least 4 members (excludes halogenated alkanes) is 18. The van der Waals surface area contributed by atoms with Gasteiger partial charge in [-0.15, -0.1) is 0 Å². The normalized spacial score (nSPS) is 12.7. The quantitative estimate of drug-likeness (QED) is 0.0321. The largest absolute Gasteiger partial charge is 0.469 e. The lowest BCUT2D eigenvalue weighted by atomic mass is 10.1. The van der Waals surface area contributed by atoms with E-state index in [0.29, 0.717) is 12.8 Å². The molecule has 0 radical (unpaired) electrons. The molecule has 0 fully saturated rings. The predicted octanol–water partition coefficient (Wildman–Crippen LogP) is 10.1. The Morgan fingerprint density at radius 2 is 0.977 bits per heavy atom. The van der Waals surface area contributed by atoms with Gasteiger partial charge in [-0.25, -0.2) is 4.57 Å². The molecule has 0 aromatic rings. The Balaban J connectivity index is 4.01. The Bertz CT molecular complexity index is 777. The molecular formula is C35H65O8P. The second-order valence-corrected chi connectivity index (χ2v) is 13.1. The van der Waals surface area contributed by atoms with Crippen molar-refractivity contribution in [2.45, 2.75) is 174 Å². The average molecular weight is 645 g/mol. The highest BCUT2D eigenvalue weighted by molar-refractivity contribution is 7.46. The zero-order valence-corrected chi connectivity index (χ0v) is 29.0. The molecule has 0 saturated carbocycles. The molecule has 9 heteroatoms. The molecule has 44 heavy (non-hydrogen) atoms. The maximum atomic E-state index is 12.3. The van der Waals surface area contributed by atoms with E-state index in [4.69, 9.17) is 19.3 Å². The molecule has 0 saturated heterocycles. The highest BCUT2D eigenvalue weighted by Crippen LogP contribution is 2.36. The lowest BCUT2D eigenvalue weighted by Gasteiger charge is -2.18. The summed E-state index contributed by atoms with van der Waals surface area (Å²) in [4.78, 5) is 42.5. The van der Waals surface area contributed by atoms with Gasteiger partial charge in [0.05, 0.1) is 6.61 Å². The van der Waals surface area contributed by atoms with E-state index >= 15 is 0 Å². The van der Waals surface area contributed by atoms with Crippen molar-refractivity contribution < 1.29 is 37.9 Å². The van der Waals surface area contributed by atoms with Crippen LogP contribution in [0.25, 0.3) is 0 Å². The summed E-state index contributed by atoms with van der Waals surface area (Å²) in [6.45, 7) is 3.61. The van der Waals surface area contributed by atoms with Crippen LogP contribution in [0.15, 0.2) is 24.3 Å². The van der Waals surface area contributed by atoms with Gasteiger partial charge in [0, 0.05) is 12.8 Å². The number of allylic oxidation sites excluding steroid dienone is 4. The van der Waals surface area contributed by atoms with Gasteiger partial charge in [-0.1, -0.05) is 122 Å². The molecule has 258 valence electrons. The molecule has 0 rings (SSSR count). The molecule has 0 heterocycles. The summed E-state index contributed by atoms with van der Waals surface area (Å²) >= 11 is 0. The Hall–Kier alpha value is -1.47. The minimum Gasteiger partial charge on any atom is -0.462 e. The molecule has 0 aliphatic heterocycles. The fourth-order valence-corrected chi connectivity index (χ4v) is 5.12. The van der Waals surface area contributed by atoms with Gasteiger partial charge >= 0.3 is 19.8 Å². The van der Waals surface area contributed by atoms with Crippen LogP contribution in [0.3, 0.4) is 0 Å². The van der Waals surface area contributed by atoms with Crippen molar-refractivity contribution in [3.63, 3.8) is 0 Å². The van der Waals surface area contributed by atoms with Crippen LogP contribution in [0.4, 0.5) is 0 Å². The SMILES string of the molecule is CCCC/C=C/CCCCCCCC(=O)OC[C@H](COP(=O)(O)O)OC(=O)CCCCCCC/C=C/CCCCCCCC. The first-order valence-electron chi connectivity index (χ1n) is 17.6. The summed E-state index contributed by atoms with van der Waals surface area (Å²) in [5.41, 5.74) is 0. The fraction of sp³-hybridized carbons (Fsp3) is 0.829. The topological polar surface area (TPSA) is 119 Å². The molecule has 0 amide bonds.